The standard InChI is InChI=1S/C27H36N6O5.2ClH/c1-4-17(2)23(28)25(35)31-20(14-19-15-29-16-30-19)26(36)33-12-8-11-22(33)24(34)32-21(27(37)38-3)13-18-9-6-5-7-10-18;;/h5-7,9-10,13,15-17,20,22-23H,4,8,11-12,14,28H2,1-3H3,(H,29,30)(H,31,35)(H,32,34);2*1H/t17-,20-,22-,23-;;/m0../s1. The summed E-state index contributed by atoms with van der Waals surface area (Å²) in [6.45, 7) is 4.14. The first-order valence-corrected chi connectivity index (χ1v) is 12.7. The predicted molar refractivity (Wildman–Crippen MR) is 155 cm³/mol. The number of carbonyl (C=O) groups is 4. The lowest BCUT2D eigenvalue weighted by Gasteiger charge is -2.29. The fourth-order valence-electron chi connectivity index (χ4n) is 4.29. The van der Waals surface area contributed by atoms with E-state index in [1.807, 2.05) is 19.9 Å². The van der Waals surface area contributed by atoms with Crippen molar-refractivity contribution in [1.82, 2.24) is 25.5 Å². The van der Waals surface area contributed by atoms with E-state index in [0.29, 0.717) is 37.1 Å². The molecule has 0 bridgehead atoms. The first-order chi connectivity index (χ1) is 18.2. The Labute approximate surface area is 246 Å². The number of ether oxygens (including phenoxy) is 1. The van der Waals surface area contributed by atoms with Gasteiger partial charge in [0.15, 0.2) is 0 Å². The predicted octanol–water partition coefficient (Wildman–Crippen LogP) is 1.98. The molecule has 0 spiro atoms. The average molecular weight is 598 g/mol. The third-order valence-electron chi connectivity index (χ3n) is 6.77. The maximum Gasteiger partial charge on any atom is 0.354 e. The highest BCUT2D eigenvalue weighted by molar-refractivity contribution is 6.00. The lowest BCUT2D eigenvalue weighted by atomic mass is 9.98. The molecule has 2 aromatic rings. The monoisotopic (exact) mass is 596 g/mol. The molecule has 0 saturated carbocycles. The zero-order valence-corrected chi connectivity index (χ0v) is 24.4. The normalized spacial score (nSPS) is 16.9. The highest BCUT2D eigenvalue weighted by atomic mass is 35.5. The summed E-state index contributed by atoms with van der Waals surface area (Å²) >= 11 is 0. The van der Waals surface area contributed by atoms with Crippen molar-refractivity contribution >= 4 is 54.6 Å². The van der Waals surface area contributed by atoms with Crippen molar-refractivity contribution in [3.63, 3.8) is 0 Å². The molecule has 40 heavy (non-hydrogen) atoms. The number of hydrogen-bond acceptors (Lipinski definition) is 7. The van der Waals surface area contributed by atoms with Gasteiger partial charge < -0.3 is 31.0 Å². The molecule has 11 nitrogen and oxygen atoms in total. The van der Waals surface area contributed by atoms with Gasteiger partial charge in [-0.3, -0.25) is 14.4 Å². The Hall–Kier alpha value is -3.41. The maximum atomic E-state index is 13.7. The summed E-state index contributed by atoms with van der Waals surface area (Å²) in [6.07, 6.45) is 6.45. The summed E-state index contributed by atoms with van der Waals surface area (Å²) in [5, 5.41) is 5.43. The van der Waals surface area contributed by atoms with Crippen LogP contribution in [-0.4, -0.2) is 70.3 Å². The van der Waals surface area contributed by atoms with Crippen molar-refractivity contribution in [3.8, 4) is 0 Å². The van der Waals surface area contributed by atoms with Gasteiger partial charge in [-0.05, 0) is 30.4 Å². The van der Waals surface area contributed by atoms with Crippen molar-refractivity contribution < 1.29 is 23.9 Å². The summed E-state index contributed by atoms with van der Waals surface area (Å²) in [7, 11) is 1.23. The van der Waals surface area contributed by atoms with Crippen LogP contribution in [0.2, 0.25) is 0 Å². The number of nitrogens with one attached hydrogen (secondary N) is 3. The van der Waals surface area contributed by atoms with E-state index in [0.717, 1.165) is 0 Å². The molecule has 1 aromatic heterocycles. The number of likely N-dealkylation sites (tertiary alicyclic amines) is 1. The minimum Gasteiger partial charge on any atom is -0.464 e. The van der Waals surface area contributed by atoms with Crippen molar-refractivity contribution in [2.75, 3.05) is 13.7 Å². The van der Waals surface area contributed by atoms with Gasteiger partial charge in [0.1, 0.15) is 17.8 Å². The molecule has 1 aliphatic rings. The number of halogens is 2. The van der Waals surface area contributed by atoms with Gasteiger partial charge >= 0.3 is 5.97 Å². The fourth-order valence-corrected chi connectivity index (χ4v) is 4.29. The number of carbonyl (C=O) groups excluding carboxylic acids is 4. The Morgan fingerprint density at radius 2 is 1.93 bits per heavy atom. The second-order valence-corrected chi connectivity index (χ2v) is 9.39. The molecular weight excluding hydrogens is 559 g/mol. The van der Waals surface area contributed by atoms with Gasteiger partial charge in [0.2, 0.25) is 17.7 Å². The van der Waals surface area contributed by atoms with Crippen molar-refractivity contribution in [2.24, 2.45) is 11.7 Å². The molecule has 3 rings (SSSR count). The van der Waals surface area contributed by atoms with Gasteiger partial charge in [0.25, 0.3) is 0 Å². The number of rotatable bonds is 11. The smallest absolute Gasteiger partial charge is 0.354 e. The minimum atomic E-state index is -0.952. The third kappa shape index (κ3) is 9.07. The molecule has 1 saturated heterocycles. The molecule has 1 aliphatic heterocycles. The number of esters is 1. The zero-order chi connectivity index (χ0) is 27.7. The van der Waals surface area contributed by atoms with Crippen LogP contribution in [0.3, 0.4) is 0 Å². The second-order valence-electron chi connectivity index (χ2n) is 9.39. The topological polar surface area (TPSA) is 160 Å². The van der Waals surface area contributed by atoms with Crippen LogP contribution in [0.5, 0.6) is 0 Å². The van der Waals surface area contributed by atoms with Gasteiger partial charge in [-0.25, -0.2) is 9.78 Å². The Bertz CT molecular complexity index is 1150. The van der Waals surface area contributed by atoms with Crippen LogP contribution in [0, 0.1) is 5.92 Å². The highest BCUT2D eigenvalue weighted by Crippen LogP contribution is 2.21. The molecule has 13 heteroatoms. The summed E-state index contributed by atoms with van der Waals surface area (Å²) in [5.41, 5.74) is 7.43. The lowest BCUT2D eigenvalue weighted by molar-refractivity contribution is -0.142. The Morgan fingerprint density at radius 1 is 1.23 bits per heavy atom. The van der Waals surface area contributed by atoms with Crippen molar-refractivity contribution in [3.05, 3.63) is 59.8 Å². The maximum absolute atomic E-state index is 13.7. The van der Waals surface area contributed by atoms with E-state index in [1.165, 1.54) is 24.4 Å². The van der Waals surface area contributed by atoms with Crippen LogP contribution in [0.25, 0.3) is 6.08 Å². The van der Waals surface area contributed by atoms with Crippen LogP contribution in [0.1, 0.15) is 44.4 Å². The average Bonchev–Trinajstić information content (AvgIpc) is 3.63. The molecule has 0 radical (unpaired) electrons. The van der Waals surface area contributed by atoms with E-state index in [-0.39, 0.29) is 42.8 Å². The number of hydrogen-bond donors (Lipinski definition) is 4. The molecule has 1 aromatic carbocycles. The molecular formula is C27H38Cl2N6O5. The molecule has 1 fully saturated rings. The van der Waals surface area contributed by atoms with Crippen LogP contribution < -0.4 is 16.4 Å². The van der Waals surface area contributed by atoms with E-state index in [2.05, 4.69) is 20.6 Å². The zero-order valence-electron chi connectivity index (χ0n) is 22.8. The Balaban J connectivity index is 0.00000400. The van der Waals surface area contributed by atoms with Crippen LogP contribution in [0.4, 0.5) is 0 Å². The molecule has 3 amide bonds. The van der Waals surface area contributed by atoms with Gasteiger partial charge in [0, 0.05) is 24.9 Å². The summed E-state index contributed by atoms with van der Waals surface area (Å²) < 4.78 is 4.84. The Kier molecular flexibility index (Phi) is 14.4. The molecule has 0 unspecified atom stereocenters. The number of aromatic nitrogens is 2. The summed E-state index contributed by atoms with van der Waals surface area (Å²) in [6, 6.07) is 6.47. The fraction of sp³-hybridized carbons (Fsp3) is 0.444. The van der Waals surface area contributed by atoms with Crippen LogP contribution in [0.15, 0.2) is 48.6 Å². The minimum absolute atomic E-state index is 0. The van der Waals surface area contributed by atoms with Gasteiger partial charge in [-0.15, -0.1) is 24.8 Å². The number of amides is 3. The van der Waals surface area contributed by atoms with Crippen LogP contribution >= 0.6 is 24.8 Å². The first-order valence-electron chi connectivity index (χ1n) is 12.7. The second kappa shape index (κ2) is 16.6. The van der Waals surface area contributed by atoms with E-state index in [4.69, 9.17) is 10.5 Å². The number of nitrogens with zero attached hydrogens (tertiary/aromatic N) is 2. The number of H-pyrrole nitrogens is 1. The van der Waals surface area contributed by atoms with Gasteiger partial charge in [-0.1, -0.05) is 50.6 Å². The number of benzene rings is 1. The molecule has 220 valence electrons. The van der Waals surface area contributed by atoms with Crippen molar-refractivity contribution in [2.45, 2.75) is 57.7 Å². The molecule has 5 N–H and O–H groups in total. The number of nitrogens with two attached hydrogens (primary N) is 1. The summed E-state index contributed by atoms with van der Waals surface area (Å²) in [5.74, 6) is -2.13. The number of imidazole rings is 1. The van der Waals surface area contributed by atoms with Crippen molar-refractivity contribution in [1.29, 1.82) is 0 Å². The van der Waals surface area contributed by atoms with E-state index < -0.39 is 41.8 Å². The van der Waals surface area contributed by atoms with E-state index in [1.54, 1.807) is 30.5 Å². The van der Waals surface area contributed by atoms with Gasteiger partial charge in [-0.2, -0.15) is 0 Å². The molecule has 2 heterocycles. The van der Waals surface area contributed by atoms with E-state index >= 15 is 0 Å². The van der Waals surface area contributed by atoms with Crippen LogP contribution in [-0.2, 0) is 30.3 Å². The quantitative estimate of drug-likeness (QED) is 0.228. The molecule has 0 aliphatic carbocycles. The lowest BCUT2D eigenvalue weighted by Crippen LogP contribution is -2.57. The SMILES string of the molecule is CC[C@H](C)[C@H](N)C(=O)N[C@@H](Cc1cnc[nH]1)C(=O)N1CCC[C@H]1C(=O)NC(=Cc1ccccc1)C(=O)OC.Cl.Cl. The summed E-state index contributed by atoms with van der Waals surface area (Å²) in [4.78, 5) is 60.6. The number of methoxy groups -OCH3 is 1. The highest BCUT2D eigenvalue weighted by Gasteiger charge is 2.39. The first kappa shape index (κ1) is 34.6. The van der Waals surface area contributed by atoms with E-state index in [9.17, 15) is 19.2 Å². The Morgan fingerprint density at radius 3 is 2.52 bits per heavy atom. The largest absolute Gasteiger partial charge is 0.464 e. The third-order valence-corrected chi connectivity index (χ3v) is 6.77. The molecule has 4 atom stereocenters. The number of aromatic amines is 1. The van der Waals surface area contributed by atoms with Gasteiger partial charge in [0.05, 0.1) is 19.5 Å².